The lowest BCUT2D eigenvalue weighted by Gasteiger charge is -2.03. The molecule has 6 nitrogen and oxygen atoms in total. The number of amides is 1. The second-order valence-electron chi connectivity index (χ2n) is 3.50. The molecule has 2 aromatic rings. The first-order valence-electron chi connectivity index (χ1n) is 4.90. The molecule has 88 valence electrons. The van der Waals surface area contributed by atoms with Crippen LogP contribution >= 0.6 is 11.6 Å². The van der Waals surface area contributed by atoms with E-state index in [0.717, 1.165) is 11.4 Å². The first-order valence-corrected chi connectivity index (χ1v) is 5.28. The Morgan fingerprint density at radius 3 is 2.65 bits per heavy atom. The maximum Gasteiger partial charge on any atom is 0.276 e. The summed E-state index contributed by atoms with van der Waals surface area (Å²) >= 11 is 5.59. The van der Waals surface area contributed by atoms with E-state index >= 15 is 0 Å². The summed E-state index contributed by atoms with van der Waals surface area (Å²) in [5.74, 6) is -0.346. The molecule has 0 fully saturated rings. The average Bonchev–Trinajstić information content (AvgIpc) is 2.61. The molecule has 0 aromatic carbocycles. The first-order chi connectivity index (χ1) is 8.08. The highest BCUT2D eigenvalue weighted by Crippen LogP contribution is 2.16. The molecule has 2 rings (SSSR count). The molecule has 17 heavy (non-hydrogen) atoms. The number of anilines is 1. The first kappa shape index (κ1) is 11.5. The van der Waals surface area contributed by atoms with Gasteiger partial charge in [-0.05, 0) is 26.0 Å². The number of nitrogens with zero attached hydrogens (tertiary/aromatic N) is 3. The minimum Gasteiger partial charge on any atom is -0.317 e. The van der Waals surface area contributed by atoms with Crippen LogP contribution in [-0.2, 0) is 0 Å². The lowest BCUT2D eigenvalue weighted by molar-refractivity contribution is 0.102. The summed E-state index contributed by atoms with van der Waals surface area (Å²) < 4.78 is 0. The van der Waals surface area contributed by atoms with Gasteiger partial charge in [-0.3, -0.25) is 9.89 Å². The summed E-state index contributed by atoms with van der Waals surface area (Å²) in [6, 6.07) is 3.02. The number of aromatic nitrogens is 4. The van der Waals surface area contributed by atoms with Gasteiger partial charge >= 0.3 is 0 Å². The van der Waals surface area contributed by atoms with Gasteiger partial charge in [0.05, 0.1) is 17.1 Å². The van der Waals surface area contributed by atoms with Crippen LogP contribution in [0.25, 0.3) is 0 Å². The van der Waals surface area contributed by atoms with E-state index in [1.54, 1.807) is 6.92 Å². The van der Waals surface area contributed by atoms with Crippen molar-refractivity contribution in [3.8, 4) is 0 Å². The van der Waals surface area contributed by atoms with Crippen molar-refractivity contribution >= 4 is 23.2 Å². The molecule has 0 aliphatic heterocycles. The van der Waals surface area contributed by atoms with Crippen molar-refractivity contribution in [1.82, 2.24) is 20.4 Å². The molecule has 0 saturated heterocycles. The van der Waals surface area contributed by atoms with Gasteiger partial charge in [0.1, 0.15) is 0 Å². The number of H-pyrrole nitrogens is 1. The van der Waals surface area contributed by atoms with Crippen LogP contribution in [0.2, 0.25) is 5.15 Å². The predicted molar refractivity (Wildman–Crippen MR) is 63.1 cm³/mol. The second kappa shape index (κ2) is 4.50. The van der Waals surface area contributed by atoms with Crippen LogP contribution in [0.5, 0.6) is 0 Å². The Labute approximate surface area is 102 Å². The quantitative estimate of drug-likeness (QED) is 0.851. The van der Waals surface area contributed by atoms with E-state index in [4.69, 9.17) is 11.6 Å². The molecule has 0 unspecified atom stereocenters. The highest BCUT2D eigenvalue weighted by Gasteiger charge is 2.13. The van der Waals surface area contributed by atoms with Crippen molar-refractivity contribution in [3.05, 3.63) is 34.4 Å². The fourth-order valence-corrected chi connectivity index (χ4v) is 1.45. The second-order valence-corrected chi connectivity index (χ2v) is 3.89. The van der Waals surface area contributed by atoms with E-state index in [2.05, 4.69) is 25.7 Å². The normalized spacial score (nSPS) is 10.3. The molecule has 0 radical (unpaired) electrons. The average molecular weight is 252 g/mol. The molecular weight excluding hydrogens is 242 g/mol. The van der Waals surface area contributed by atoms with Crippen molar-refractivity contribution in [2.75, 3.05) is 5.32 Å². The van der Waals surface area contributed by atoms with E-state index in [-0.39, 0.29) is 16.8 Å². The summed E-state index contributed by atoms with van der Waals surface area (Å²) in [5, 5.41) is 17.0. The van der Waals surface area contributed by atoms with Crippen molar-refractivity contribution in [1.29, 1.82) is 0 Å². The Kier molecular flexibility index (Phi) is 3.06. The molecular formula is C10H10ClN5O. The van der Waals surface area contributed by atoms with Gasteiger partial charge in [-0.25, -0.2) is 0 Å². The van der Waals surface area contributed by atoms with Crippen LogP contribution in [0.1, 0.15) is 21.9 Å². The van der Waals surface area contributed by atoms with E-state index in [1.807, 2.05) is 6.92 Å². The summed E-state index contributed by atoms with van der Waals surface area (Å²) in [6.07, 6.45) is 0. The van der Waals surface area contributed by atoms with Gasteiger partial charge < -0.3 is 5.32 Å². The van der Waals surface area contributed by atoms with Crippen molar-refractivity contribution in [3.63, 3.8) is 0 Å². The van der Waals surface area contributed by atoms with Gasteiger partial charge in [-0.15, -0.1) is 10.2 Å². The predicted octanol–water partition coefficient (Wildman–Crippen LogP) is 1.72. The fourth-order valence-electron chi connectivity index (χ4n) is 1.35. The Bertz CT molecular complexity index is 529. The summed E-state index contributed by atoms with van der Waals surface area (Å²) in [5.41, 5.74) is 2.37. The molecule has 0 saturated carbocycles. The lowest BCUT2D eigenvalue weighted by Crippen LogP contribution is -2.15. The summed E-state index contributed by atoms with van der Waals surface area (Å²) in [7, 11) is 0. The van der Waals surface area contributed by atoms with Crippen LogP contribution in [0.3, 0.4) is 0 Å². The Morgan fingerprint density at radius 1 is 1.35 bits per heavy atom. The summed E-state index contributed by atoms with van der Waals surface area (Å²) in [6.45, 7) is 3.62. The van der Waals surface area contributed by atoms with Gasteiger partial charge in [-0.1, -0.05) is 11.6 Å². The minimum atomic E-state index is -0.346. The molecule has 0 spiro atoms. The number of carbonyl (C=O) groups excluding carboxylic acids is 1. The number of nitrogens with one attached hydrogen (secondary N) is 2. The highest BCUT2D eigenvalue weighted by molar-refractivity contribution is 6.29. The molecule has 2 heterocycles. The largest absolute Gasteiger partial charge is 0.317 e. The fraction of sp³-hybridized carbons (Fsp3) is 0.200. The van der Waals surface area contributed by atoms with Gasteiger partial charge in [0.2, 0.25) is 0 Å². The third-order valence-electron chi connectivity index (χ3n) is 2.23. The number of rotatable bonds is 2. The maximum absolute atomic E-state index is 11.8. The SMILES string of the molecule is Cc1n[nH]c(C)c1NC(=O)c1ccc(Cl)nn1. The number of aromatic amines is 1. The van der Waals surface area contributed by atoms with Gasteiger partial charge in [0.15, 0.2) is 10.8 Å². The molecule has 2 aromatic heterocycles. The molecule has 2 N–H and O–H groups in total. The Hall–Kier alpha value is -1.95. The zero-order valence-electron chi connectivity index (χ0n) is 9.28. The lowest BCUT2D eigenvalue weighted by atomic mass is 10.3. The molecule has 0 atom stereocenters. The Balaban J connectivity index is 2.20. The number of halogens is 1. The Morgan fingerprint density at radius 2 is 2.12 bits per heavy atom. The molecule has 0 bridgehead atoms. The molecule has 0 aliphatic carbocycles. The van der Waals surface area contributed by atoms with Crippen molar-refractivity contribution in [2.45, 2.75) is 13.8 Å². The zero-order valence-corrected chi connectivity index (χ0v) is 10.0. The maximum atomic E-state index is 11.8. The van der Waals surface area contributed by atoms with Crippen LogP contribution in [-0.4, -0.2) is 26.3 Å². The van der Waals surface area contributed by atoms with E-state index in [1.165, 1.54) is 12.1 Å². The third-order valence-corrected chi connectivity index (χ3v) is 2.43. The van der Waals surface area contributed by atoms with Gasteiger partial charge in [-0.2, -0.15) is 5.10 Å². The van der Waals surface area contributed by atoms with Crippen LogP contribution < -0.4 is 5.32 Å². The monoisotopic (exact) mass is 251 g/mol. The highest BCUT2D eigenvalue weighted by atomic mass is 35.5. The van der Waals surface area contributed by atoms with E-state index in [0.29, 0.717) is 5.69 Å². The van der Waals surface area contributed by atoms with E-state index in [9.17, 15) is 4.79 Å². The number of hydrogen-bond acceptors (Lipinski definition) is 4. The number of carbonyl (C=O) groups is 1. The number of aryl methyl sites for hydroxylation is 2. The van der Waals surface area contributed by atoms with Crippen LogP contribution in [0.4, 0.5) is 5.69 Å². The smallest absolute Gasteiger partial charge is 0.276 e. The van der Waals surface area contributed by atoms with Gasteiger partial charge in [0, 0.05) is 0 Å². The van der Waals surface area contributed by atoms with Crippen LogP contribution in [0.15, 0.2) is 12.1 Å². The van der Waals surface area contributed by atoms with Crippen LogP contribution in [0, 0.1) is 13.8 Å². The third kappa shape index (κ3) is 2.42. The standard InChI is InChI=1S/C10H10ClN5O/c1-5-9(6(2)14-13-5)12-10(17)7-3-4-8(11)16-15-7/h3-4H,1-2H3,(H,12,17)(H,13,14). The van der Waals surface area contributed by atoms with Gasteiger partial charge in [0.25, 0.3) is 5.91 Å². The molecule has 0 aliphatic rings. The molecule has 7 heteroatoms. The zero-order chi connectivity index (χ0) is 12.4. The minimum absolute atomic E-state index is 0.203. The number of hydrogen-bond donors (Lipinski definition) is 2. The molecule has 1 amide bonds. The van der Waals surface area contributed by atoms with Crippen molar-refractivity contribution in [2.24, 2.45) is 0 Å². The summed E-state index contributed by atoms with van der Waals surface area (Å²) in [4.78, 5) is 11.8. The van der Waals surface area contributed by atoms with Crippen molar-refractivity contribution < 1.29 is 4.79 Å². The topological polar surface area (TPSA) is 83.6 Å². The van der Waals surface area contributed by atoms with E-state index < -0.39 is 0 Å².